The van der Waals surface area contributed by atoms with E-state index in [1.54, 1.807) is 0 Å². The van der Waals surface area contributed by atoms with Crippen molar-refractivity contribution in [1.82, 2.24) is 0 Å². The summed E-state index contributed by atoms with van der Waals surface area (Å²) in [4.78, 5) is 10.5. The third kappa shape index (κ3) is 3.63. The second kappa shape index (κ2) is 4.93. The lowest BCUT2D eigenvalue weighted by molar-refractivity contribution is -0.202. The number of esters is 1. The van der Waals surface area contributed by atoms with Crippen molar-refractivity contribution < 1.29 is 24.9 Å². The van der Waals surface area contributed by atoms with Crippen LogP contribution in [0.3, 0.4) is 0 Å². The fourth-order valence-electron chi connectivity index (χ4n) is 0.387. The Bertz CT molecular complexity index is 160. The minimum absolute atomic E-state index is 0.249. The summed E-state index contributed by atoms with van der Waals surface area (Å²) >= 11 is 6.98. The smallest absolute Gasteiger partial charge is 0.318 e. The number of carbonyl (C=O) groups excluding carboxylic acids is 1. The van der Waals surface area contributed by atoms with Gasteiger partial charge in [0.05, 0.1) is 12.4 Å². The average molecular weight is 214 g/mol. The molecule has 0 radical (unpaired) electrons. The van der Waals surface area contributed by atoms with E-state index in [0.29, 0.717) is 0 Å². The molecule has 0 aromatic heterocycles. The summed E-state index contributed by atoms with van der Waals surface area (Å²) in [6.07, 6.45) is -1.65. The quantitative estimate of drug-likeness (QED) is 0.221. The van der Waals surface area contributed by atoms with E-state index in [1.165, 1.54) is 0 Å². The van der Waals surface area contributed by atoms with E-state index >= 15 is 0 Å². The summed E-state index contributed by atoms with van der Waals surface area (Å²) in [7, 11) is 0. The van der Waals surface area contributed by atoms with Gasteiger partial charge in [0.25, 0.3) is 5.12 Å². The summed E-state index contributed by atoms with van der Waals surface area (Å²) in [6, 6.07) is 0. The summed E-state index contributed by atoms with van der Waals surface area (Å²) in [6.45, 7) is -0.764. The van der Waals surface area contributed by atoms with Crippen molar-refractivity contribution in [2.45, 2.75) is 11.2 Å². The molecule has 2 unspecified atom stereocenters. The van der Waals surface area contributed by atoms with Crippen LogP contribution in [0.15, 0.2) is 0 Å². The maximum Gasteiger partial charge on any atom is 0.318 e. The highest BCUT2D eigenvalue weighted by Gasteiger charge is 2.35. The standard InChI is InChI=1S/C5H10O5S2/c6-1-3(7)5(9,12)10-4(8)2-11/h3,6-7,9,11-12H,1-2H2. The molecule has 0 rings (SSSR count). The largest absolute Gasteiger partial charge is 0.420 e. The summed E-state index contributed by atoms with van der Waals surface area (Å²) in [5, 5.41) is 23.9. The molecule has 7 heteroatoms. The molecule has 0 aliphatic rings. The van der Waals surface area contributed by atoms with Gasteiger partial charge in [-0.25, -0.2) is 0 Å². The number of aliphatic hydroxyl groups excluding tert-OH is 2. The van der Waals surface area contributed by atoms with Crippen LogP contribution in [0.4, 0.5) is 0 Å². The predicted octanol–water partition coefficient (Wildman–Crippen LogP) is -1.61. The molecule has 0 aromatic carbocycles. The highest BCUT2D eigenvalue weighted by molar-refractivity contribution is 7.81. The van der Waals surface area contributed by atoms with Crippen LogP contribution in [0.1, 0.15) is 0 Å². The number of hydrogen-bond acceptors (Lipinski definition) is 7. The van der Waals surface area contributed by atoms with Crippen LogP contribution in [0.2, 0.25) is 0 Å². The van der Waals surface area contributed by atoms with E-state index in [2.05, 4.69) is 30.0 Å². The molecule has 0 bridgehead atoms. The van der Waals surface area contributed by atoms with Crippen LogP contribution in [0.25, 0.3) is 0 Å². The molecule has 0 amide bonds. The Morgan fingerprint density at radius 1 is 1.67 bits per heavy atom. The Morgan fingerprint density at radius 2 is 2.17 bits per heavy atom. The third-order valence-electron chi connectivity index (χ3n) is 1.00. The molecule has 0 spiro atoms. The van der Waals surface area contributed by atoms with E-state index in [-0.39, 0.29) is 5.75 Å². The average Bonchev–Trinajstić information content (AvgIpc) is 2.02. The topological polar surface area (TPSA) is 87.0 Å². The van der Waals surface area contributed by atoms with Gasteiger partial charge >= 0.3 is 5.97 Å². The molecule has 3 N–H and O–H groups in total. The van der Waals surface area contributed by atoms with Crippen molar-refractivity contribution >= 4 is 31.2 Å². The first-order valence-electron chi connectivity index (χ1n) is 3.00. The van der Waals surface area contributed by atoms with Gasteiger partial charge in [0.2, 0.25) is 0 Å². The predicted molar refractivity (Wildman–Crippen MR) is 47.0 cm³/mol. The van der Waals surface area contributed by atoms with Crippen LogP contribution in [-0.4, -0.2) is 44.9 Å². The highest BCUT2D eigenvalue weighted by Crippen LogP contribution is 2.17. The van der Waals surface area contributed by atoms with Crippen LogP contribution in [0.5, 0.6) is 0 Å². The third-order valence-corrected chi connectivity index (χ3v) is 1.65. The number of thiol groups is 2. The molecule has 72 valence electrons. The number of hydrogen-bond donors (Lipinski definition) is 5. The fourth-order valence-corrected chi connectivity index (χ4v) is 0.635. The molecule has 2 atom stereocenters. The Kier molecular flexibility index (Phi) is 4.95. The molecule has 0 saturated carbocycles. The number of ether oxygens (including phenoxy) is 1. The molecule has 0 aliphatic heterocycles. The zero-order chi connectivity index (χ0) is 9.78. The SMILES string of the molecule is O=C(CS)OC(O)(S)C(O)CO. The molecular formula is C5H10O5S2. The lowest BCUT2D eigenvalue weighted by Crippen LogP contribution is -2.43. The molecule has 0 aliphatic carbocycles. The van der Waals surface area contributed by atoms with E-state index in [4.69, 9.17) is 15.3 Å². The van der Waals surface area contributed by atoms with E-state index < -0.39 is 23.8 Å². The Hall–Kier alpha value is 0.0500. The second-order valence-electron chi connectivity index (χ2n) is 1.99. The second-order valence-corrected chi connectivity index (χ2v) is 2.95. The minimum Gasteiger partial charge on any atom is -0.420 e. The molecule has 0 saturated heterocycles. The van der Waals surface area contributed by atoms with Crippen LogP contribution < -0.4 is 0 Å². The number of aliphatic hydroxyl groups is 3. The zero-order valence-electron chi connectivity index (χ0n) is 6.04. The zero-order valence-corrected chi connectivity index (χ0v) is 7.83. The van der Waals surface area contributed by atoms with Gasteiger partial charge in [0.1, 0.15) is 0 Å². The summed E-state index contributed by atoms with van der Waals surface area (Å²) in [5.74, 6) is -1.09. The van der Waals surface area contributed by atoms with Crippen LogP contribution in [0, 0.1) is 0 Å². The lowest BCUT2D eigenvalue weighted by Gasteiger charge is -2.25. The van der Waals surface area contributed by atoms with E-state index in [0.717, 1.165) is 0 Å². The van der Waals surface area contributed by atoms with E-state index in [9.17, 15) is 4.79 Å². The summed E-state index contributed by atoms with van der Waals surface area (Å²) < 4.78 is 4.23. The van der Waals surface area contributed by atoms with Crippen molar-refractivity contribution in [2.75, 3.05) is 12.4 Å². The minimum atomic E-state index is -2.37. The maximum atomic E-state index is 10.5. The first-order valence-corrected chi connectivity index (χ1v) is 4.08. The van der Waals surface area contributed by atoms with Crippen molar-refractivity contribution in [3.8, 4) is 0 Å². The van der Waals surface area contributed by atoms with Gasteiger partial charge in [-0.15, -0.1) is 0 Å². The molecule has 0 fully saturated rings. The van der Waals surface area contributed by atoms with Gasteiger partial charge in [-0.3, -0.25) is 4.79 Å². The molecule has 12 heavy (non-hydrogen) atoms. The van der Waals surface area contributed by atoms with Gasteiger partial charge in [-0.05, 0) is 0 Å². The Balaban J connectivity index is 4.11. The van der Waals surface area contributed by atoms with Crippen molar-refractivity contribution in [2.24, 2.45) is 0 Å². The van der Waals surface area contributed by atoms with Gasteiger partial charge in [-0.2, -0.15) is 12.6 Å². The number of rotatable bonds is 4. The van der Waals surface area contributed by atoms with Crippen molar-refractivity contribution in [3.63, 3.8) is 0 Å². The van der Waals surface area contributed by atoms with Crippen LogP contribution in [-0.2, 0) is 9.53 Å². The molecule has 0 heterocycles. The van der Waals surface area contributed by atoms with Crippen LogP contribution >= 0.6 is 25.3 Å². The first kappa shape index (κ1) is 12.0. The fraction of sp³-hybridized carbons (Fsp3) is 0.800. The van der Waals surface area contributed by atoms with Gasteiger partial charge in [0, 0.05) is 0 Å². The Morgan fingerprint density at radius 3 is 2.50 bits per heavy atom. The van der Waals surface area contributed by atoms with Gasteiger partial charge in [-0.1, -0.05) is 12.6 Å². The molecule has 5 nitrogen and oxygen atoms in total. The van der Waals surface area contributed by atoms with Gasteiger partial charge < -0.3 is 20.1 Å². The molecular weight excluding hydrogens is 204 g/mol. The maximum absolute atomic E-state index is 10.5. The van der Waals surface area contributed by atoms with Gasteiger partial charge in [0.15, 0.2) is 6.10 Å². The lowest BCUT2D eigenvalue weighted by atomic mass is 10.3. The van der Waals surface area contributed by atoms with E-state index in [1.807, 2.05) is 0 Å². The number of carbonyl (C=O) groups is 1. The monoisotopic (exact) mass is 214 g/mol. The van der Waals surface area contributed by atoms with Crippen molar-refractivity contribution in [3.05, 3.63) is 0 Å². The highest BCUT2D eigenvalue weighted by atomic mass is 32.1. The Labute approximate surface area is 80.2 Å². The first-order chi connectivity index (χ1) is 5.44. The summed E-state index contributed by atoms with van der Waals surface area (Å²) in [5.41, 5.74) is 0. The van der Waals surface area contributed by atoms with Crippen molar-refractivity contribution in [1.29, 1.82) is 0 Å². The normalized spacial score (nSPS) is 18.1. The molecule has 0 aromatic rings.